The fraction of sp³-hybridized carbons (Fsp3) is 0.435. The van der Waals surface area contributed by atoms with E-state index in [-0.39, 0.29) is 24.9 Å². The second-order valence-corrected chi connectivity index (χ2v) is 7.74. The Morgan fingerprint density at radius 1 is 1.17 bits per heavy atom. The molecule has 0 saturated heterocycles. The van der Waals surface area contributed by atoms with Crippen molar-refractivity contribution in [2.45, 2.75) is 57.7 Å². The highest BCUT2D eigenvalue weighted by Crippen LogP contribution is 2.32. The lowest BCUT2D eigenvalue weighted by molar-refractivity contribution is -0.120. The van der Waals surface area contributed by atoms with E-state index in [2.05, 4.69) is 35.8 Å². The summed E-state index contributed by atoms with van der Waals surface area (Å²) in [5.41, 5.74) is 4.25. The van der Waals surface area contributed by atoms with Crippen molar-refractivity contribution in [2.75, 3.05) is 6.54 Å². The van der Waals surface area contributed by atoms with E-state index < -0.39 is 23.8 Å². The molecule has 0 saturated carbocycles. The summed E-state index contributed by atoms with van der Waals surface area (Å²) in [6, 6.07) is 9.28. The molecule has 2 aromatic rings. The normalized spacial score (nSPS) is 17.6. The van der Waals surface area contributed by atoms with Gasteiger partial charge < -0.3 is 15.7 Å². The minimum absolute atomic E-state index is 0.137. The number of hydrogen-bond acceptors (Lipinski definition) is 3. The topological polar surface area (TPSA) is 61.4 Å². The third-order valence-electron chi connectivity index (χ3n) is 5.50. The second kappa shape index (κ2) is 9.46. The Hall–Kier alpha value is -2.31. The lowest BCUT2D eigenvalue weighted by atomic mass is 9.99. The Morgan fingerprint density at radius 3 is 2.55 bits per heavy atom. The fourth-order valence-electron chi connectivity index (χ4n) is 4.02. The summed E-state index contributed by atoms with van der Waals surface area (Å²) in [6.45, 7) is 3.75. The fourth-order valence-corrected chi connectivity index (χ4v) is 4.02. The van der Waals surface area contributed by atoms with Crippen LogP contribution in [0.25, 0.3) is 0 Å². The van der Waals surface area contributed by atoms with E-state index in [4.69, 9.17) is 0 Å². The van der Waals surface area contributed by atoms with Crippen LogP contribution in [-0.4, -0.2) is 29.7 Å². The number of hydrogen-bond donors (Lipinski definition) is 3. The monoisotopic (exact) mass is 402 g/mol. The van der Waals surface area contributed by atoms with E-state index in [1.807, 2.05) is 0 Å². The largest absolute Gasteiger partial charge is 0.390 e. The molecule has 0 radical (unpaired) electrons. The van der Waals surface area contributed by atoms with Crippen LogP contribution in [0, 0.1) is 11.6 Å². The van der Waals surface area contributed by atoms with Crippen LogP contribution in [-0.2, 0) is 24.1 Å². The van der Waals surface area contributed by atoms with Crippen LogP contribution in [0.1, 0.15) is 48.6 Å². The molecule has 0 aromatic heterocycles. The summed E-state index contributed by atoms with van der Waals surface area (Å²) >= 11 is 0. The maximum Gasteiger partial charge on any atom is 0.217 e. The molecule has 0 unspecified atom stereocenters. The van der Waals surface area contributed by atoms with Crippen LogP contribution < -0.4 is 10.6 Å². The Kier molecular flexibility index (Phi) is 6.98. The summed E-state index contributed by atoms with van der Waals surface area (Å²) in [5, 5.41) is 16.8. The molecule has 3 atom stereocenters. The van der Waals surface area contributed by atoms with Crippen LogP contribution in [0.4, 0.5) is 8.78 Å². The van der Waals surface area contributed by atoms with Gasteiger partial charge in [0.15, 0.2) is 0 Å². The number of fused-ring (bicyclic) bond motifs is 1. The van der Waals surface area contributed by atoms with Gasteiger partial charge in [-0.25, -0.2) is 8.78 Å². The number of carbonyl (C=O) groups excluding carboxylic acids is 1. The quantitative estimate of drug-likeness (QED) is 0.635. The first-order valence-corrected chi connectivity index (χ1v) is 10.1. The number of halogens is 2. The van der Waals surface area contributed by atoms with Gasteiger partial charge in [0.2, 0.25) is 5.91 Å². The lowest BCUT2D eigenvalue weighted by Crippen LogP contribution is -2.48. The van der Waals surface area contributed by atoms with Crippen LogP contribution in [0.3, 0.4) is 0 Å². The van der Waals surface area contributed by atoms with Gasteiger partial charge in [0.05, 0.1) is 12.1 Å². The highest BCUT2D eigenvalue weighted by atomic mass is 19.1. The molecule has 3 rings (SSSR count). The molecule has 0 aliphatic heterocycles. The first-order valence-electron chi connectivity index (χ1n) is 10.1. The predicted molar refractivity (Wildman–Crippen MR) is 109 cm³/mol. The van der Waals surface area contributed by atoms with E-state index in [0.29, 0.717) is 5.56 Å². The smallest absolute Gasteiger partial charge is 0.217 e. The Labute approximate surface area is 170 Å². The maximum atomic E-state index is 13.5. The van der Waals surface area contributed by atoms with Crippen molar-refractivity contribution >= 4 is 5.91 Å². The van der Waals surface area contributed by atoms with Gasteiger partial charge in [-0.2, -0.15) is 0 Å². The van der Waals surface area contributed by atoms with Gasteiger partial charge in [0, 0.05) is 25.6 Å². The summed E-state index contributed by atoms with van der Waals surface area (Å²) in [7, 11) is 0. The van der Waals surface area contributed by atoms with Gasteiger partial charge in [-0.15, -0.1) is 0 Å². The zero-order chi connectivity index (χ0) is 21.0. The van der Waals surface area contributed by atoms with Crippen molar-refractivity contribution in [1.29, 1.82) is 0 Å². The van der Waals surface area contributed by atoms with Gasteiger partial charge in [-0.05, 0) is 60.1 Å². The van der Waals surface area contributed by atoms with Crippen LogP contribution in [0.2, 0.25) is 0 Å². The molecule has 156 valence electrons. The van der Waals surface area contributed by atoms with Crippen molar-refractivity contribution in [3.05, 3.63) is 70.3 Å². The van der Waals surface area contributed by atoms with Gasteiger partial charge in [0.1, 0.15) is 11.6 Å². The summed E-state index contributed by atoms with van der Waals surface area (Å²) in [5.74, 6) is -1.66. The minimum Gasteiger partial charge on any atom is -0.390 e. The number of nitrogens with one attached hydrogen (secondary N) is 2. The zero-order valence-corrected chi connectivity index (χ0v) is 16.8. The van der Waals surface area contributed by atoms with Crippen LogP contribution in [0.15, 0.2) is 36.4 Å². The van der Waals surface area contributed by atoms with Gasteiger partial charge in [0.25, 0.3) is 0 Å². The number of aliphatic hydroxyl groups is 1. The molecule has 0 spiro atoms. The highest BCUT2D eigenvalue weighted by molar-refractivity contribution is 5.73. The van der Waals surface area contributed by atoms with E-state index in [0.717, 1.165) is 25.3 Å². The van der Waals surface area contributed by atoms with Crippen molar-refractivity contribution < 1.29 is 18.7 Å². The number of aryl methyl sites for hydroxylation is 2. The first kappa shape index (κ1) is 21.4. The number of benzene rings is 2. The van der Waals surface area contributed by atoms with E-state index in [1.54, 1.807) is 0 Å². The number of aliphatic hydroxyl groups excluding tert-OH is 1. The summed E-state index contributed by atoms with van der Waals surface area (Å²) in [6.07, 6.45) is 2.15. The van der Waals surface area contributed by atoms with E-state index in [1.165, 1.54) is 35.7 Å². The Bertz CT molecular complexity index is 852. The SMILES string of the molecule is CCc1ccc2c(c1)[C@@H](NC[C@@H](O)[C@H](Cc1cc(F)cc(F)c1)NC(C)=O)CC2. The van der Waals surface area contributed by atoms with Gasteiger partial charge in [-0.3, -0.25) is 4.79 Å². The summed E-state index contributed by atoms with van der Waals surface area (Å²) in [4.78, 5) is 11.6. The highest BCUT2D eigenvalue weighted by Gasteiger charge is 2.26. The second-order valence-electron chi connectivity index (χ2n) is 7.74. The zero-order valence-electron chi connectivity index (χ0n) is 16.8. The van der Waals surface area contributed by atoms with E-state index in [9.17, 15) is 18.7 Å². The molecule has 0 heterocycles. The molecular weight excluding hydrogens is 374 g/mol. The molecular formula is C23H28F2N2O2. The van der Waals surface area contributed by atoms with Crippen LogP contribution in [0.5, 0.6) is 0 Å². The third-order valence-corrected chi connectivity index (χ3v) is 5.50. The number of amides is 1. The molecule has 1 aliphatic carbocycles. The maximum absolute atomic E-state index is 13.5. The average molecular weight is 402 g/mol. The Balaban J connectivity index is 1.66. The molecule has 2 aromatic carbocycles. The minimum atomic E-state index is -0.899. The molecule has 3 N–H and O–H groups in total. The first-order chi connectivity index (χ1) is 13.9. The molecule has 6 heteroatoms. The van der Waals surface area contributed by atoms with Gasteiger partial charge in [-0.1, -0.05) is 25.1 Å². The molecule has 0 fully saturated rings. The molecule has 1 aliphatic rings. The van der Waals surface area contributed by atoms with Crippen LogP contribution >= 0.6 is 0 Å². The molecule has 0 bridgehead atoms. The lowest BCUT2D eigenvalue weighted by Gasteiger charge is -2.26. The average Bonchev–Trinajstić information content (AvgIpc) is 3.06. The van der Waals surface area contributed by atoms with Crippen molar-refractivity contribution in [1.82, 2.24) is 10.6 Å². The Morgan fingerprint density at radius 2 is 1.90 bits per heavy atom. The molecule has 1 amide bonds. The third kappa shape index (κ3) is 5.61. The van der Waals surface area contributed by atoms with Crippen molar-refractivity contribution in [3.63, 3.8) is 0 Å². The summed E-state index contributed by atoms with van der Waals surface area (Å²) < 4.78 is 27.0. The molecule has 4 nitrogen and oxygen atoms in total. The predicted octanol–water partition coefficient (Wildman–Crippen LogP) is 3.21. The van der Waals surface area contributed by atoms with E-state index >= 15 is 0 Å². The number of carbonyl (C=O) groups is 1. The van der Waals surface area contributed by atoms with Gasteiger partial charge >= 0.3 is 0 Å². The van der Waals surface area contributed by atoms with Crippen molar-refractivity contribution in [3.8, 4) is 0 Å². The van der Waals surface area contributed by atoms with Crippen molar-refractivity contribution in [2.24, 2.45) is 0 Å². The number of rotatable bonds is 8. The molecule has 29 heavy (non-hydrogen) atoms. The standard InChI is InChI=1S/C23H28F2N2O2/c1-3-15-4-5-17-6-7-21(20(17)10-15)26-13-23(29)22(27-14(2)28)11-16-8-18(24)12-19(25)9-16/h4-5,8-10,12,21-23,26,29H,3,6-7,11,13H2,1-2H3,(H,27,28)/t21-,22-,23+/m0/s1.